The molecule has 0 radical (unpaired) electrons. The van der Waals surface area contributed by atoms with Crippen LogP contribution in [-0.4, -0.2) is 0 Å². The molecular formula is C14H28. The lowest BCUT2D eigenvalue weighted by atomic mass is 9.26. The summed E-state index contributed by atoms with van der Waals surface area (Å²) in [6, 6.07) is 0. The van der Waals surface area contributed by atoms with Crippen LogP contribution < -0.4 is 0 Å². The van der Waals surface area contributed by atoms with Crippen molar-refractivity contribution in [2.45, 2.75) is 68.2 Å². The van der Waals surface area contributed by atoms with Gasteiger partial charge in [-0.1, -0.05) is 55.4 Å². The maximum atomic E-state index is 2.49. The minimum Gasteiger partial charge on any atom is -0.0648 e. The Kier molecular flexibility index (Phi) is 2.39. The van der Waals surface area contributed by atoms with E-state index in [9.17, 15) is 0 Å². The number of rotatable bonds is 2. The van der Waals surface area contributed by atoms with Gasteiger partial charge in [-0.3, -0.25) is 0 Å². The molecule has 0 amide bonds. The standard InChI is InChI=1S/C14H28/c1-9-13(7)11(3,4)12(5,6)14(13,8)10-2/h9-10H2,1-8H3. The van der Waals surface area contributed by atoms with Crippen molar-refractivity contribution in [3.63, 3.8) is 0 Å². The predicted octanol–water partition coefficient (Wildman–Crippen LogP) is 4.89. The van der Waals surface area contributed by atoms with Gasteiger partial charge in [0.05, 0.1) is 0 Å². The van der Waals surface area contributed by atoms with E-state index in [0.717, 1.165) is 0 Å². The molecule has 1 fully saturated rings. The van der Waals surface area contributed by atoms with Gasteiger partial charge in [-0.2, -0.15) is 0 Å². The van der Waals surface area contributed by atoms with E-state index in [1.165, 1.54) is 12.8 Å². The fourth-order valence-corrected chi connectivity index (χ4v) is 4.36. The Morgan fingerprint density at radius 3 is 0.929 bits per heavy atom. The van der Waals surface area contributed by atoms with Gasteiger partial charge in [0.25, 0.3) is 0 Å². The summed E-state index contributed by atoms with van der Waals surface area (Å²) in [6.07, 6.45) is 2.60. The zero-order valence-corrected chi connectivity index (χ0v) is 11.4. The Morgan fingerprint density at radius 2 is 0.786 bits per heavy atom. The van der Waals surface area contributed by atoms with Crippen LogP contribution in [-0.2, 0) is 0 Å². The average Bonchev–Trinajstić information content (AvgIpc) is 2.13. The minimum absolute atomic E-state index is 0.458. The molecule has 0 spiro atoms. The molecule has 1 rings (SSSR count). The third-order valence-corrected chi connectivity index (χ3v) is 6.95. The lowest BCUT2D eigenvalue weighted by molar-refractivity contribution is -0.304. The van der Waals surface area contributed by atoms with E-state index in [-0.39, 0.29) is 0 Å². The molecule has 2 unspecified atom stereocenters. The maximum Gasteiger partial charge on any atom is -0.0213 e. The molecular weight excluding hydrogens is 168 g/mol. The van der Waals surface area contributed by atoms with E-state index < -0.39 is 0 Å². The second-order valence-electron chi connectivity index (χ2n) is 6.62. The fraction of sp³-hybridized carbons (Fsp3) is 1.00. The highest BCUT2D eigenvalue weighted by Crippen LogP contribution is 2.80. The molecule has 0 heterocycles. The molecule has 0 bridgehead atoms. The molecule has 0 heteroatoms. The van der Waals surface area contributed by atoms with E-state index in [4.69, 9.17) is 0 Å². The van der Waals surface area contributed by atoms with Crippen LogP contribution in [0.3, 0.4) is 0 Å². The molecule has 0 aromatic rings. The van der Waals surface area contributed by atoms with Crippen LogP contribution in [0.25, 0.3) is 0 Å². The van der Waals surface area contributed by atoms with Gasteiger partial charge >= 0.3 is 0 Å². The third kappa shape index (κ3) is 0.823. The van der Waals surface area contributed by atoms with Crippen molar-refractivity contribution in [3.05, 3.63) is 0 Å². The van der Waals surface area contributed by atoms with Crippen molar-refractivity contribution in [2.75, 3.05) is 0 Å². The zero-order valence-electron chi connectivity index (χ0n) is 11.4. The van der Waals surface area contributed by atoms with Crippen molar-refractivity contribution >= 4 is 0 Å². The molecule has 0 aliphatic heterocycles. The monoisotopic (exact) mass is 196 g/mol. The van der Waals surface area contributed by atoms with Crippen molar-refractivity contribution < 1.29 is 0 Å². The maximum absolute atomic E-state index is 2.49. The Hall–Kier alpha value is 0. The van der Waals surface area contributed by atoms with Gasteiger partial charge in [0.2, 0.25) is 0 Å². The van der Waals surface area contributed by atoms with Crippen LogP contribution in [0.2, 0.25) is 0 Å². The smallest absolute Gasteiger partial charge is 0.0213 e. The van der Waals surface area contributed by atoms with Gasteiger partial charge in [-0.05, 0) is 34.5 Å². The highest BCUT2D eigenvalue weighted by atomic mass is 14.8. The van der Waals surface area contributed by atoms with Gasteiger partial charge in [-0.15, -0.1) is 0 Å². The molecule has 84 valence electrons. The van der Waals surface area contributed by atoms with Crippen LogP contribution in [0.4, 0.5) is 0 Å². The van der Waals surface area contributed by atoms with Gasteiger partial charge in [0.1, 0.15) is 0 Å². The summed E-state index contributed by atoms with van der Waals surface area (Å²) in [4.78, 5) is 0. The molecule has 1 saturated carbocycles. The lowest BCUT2D eigenvalue weighted by Crippen LogP contribution is -2.72. The molecule has 1 aliphatic carbocycles. The quantitative estimate of drug-likeness (QED) is 0.590. The molecule has 2 atom stereocenters. The second-order valence-corrected chi connectivity index (χ2v) is 6.62. The van der Waals surface area contributed by atoms with E-state index >= 15 is 0 Å². The fourth-order valence-electron chi connectivity index (χ4n) is 4.36. The van der Waals surface area contributed by atoms with Crippen molar-refractivity contribution in [3.8, 4) is 0 Å². The van der Waals surface area contributed by atoms with Crippen molar-refractivity contribution in [1.82, 2.24) is 0 Å². The third-order valence-electron chi connectivity index (χ3n) is 6.95. The molecule has 1 aliphatic rings. The summed E-state index contributed by atoms with van der Waals surface area (Å²) in [5, 5.41) is 0. The molecule has 14 heavy (non-hydrogen) atoms. The van der Waals surface area contributed by atoms with E-state index in [0.29, 0.717) is 21.7 Å². The van der Waals surface area contributed by atoms with Crippen molar-refractivity contribution in [1.29, 1.82) is 0 Å². The summed E-state index contributed by atoms with van der Waals surface area (Å²) < 4.78 is 0. The summed E-state index contributed by atoms with van der Waals surface area (Å²) in [6.45, 7) is 19.5. The van der Waals surface area contributed by atoms with Gasteiger partial charge in [0.15, 0.2) is 0 Å². The second kappa shape index (κ2) is 2.77. The lowest BCUT2D eigenvalue weighted by Gasteiger charge is -2.78. The van der Waals surface area contributed by atoms with E-state index in [2.05, 4.69) is 55.4 Å². The highest BCUT2D eigenvalue weighted by Gasteiger charge is 2.73. The normalized spacial score (nSPS) is 44.6. The molecule has 0 nitrogen and oxygen atoms in total. The average molecular weight is 196 g/mol. The Labute approximate surface area is 90.5 Å². The first-order chi connectivity index (χ1) is 6.12. The van der Waals surface area contributed by atoms with Crippen molar-refractivity contribution in [2.24, 2.45) is 21.7 Å². The first-order valence-corrected chi connectivity index (χ1v) is 6.12. The largest absolute Gasteiger partial charge is 0.0648 e. The number of hydrogen-bond acceptors (Lipinski definition) is 0. The molecule has 0 aromatic heterocycles. The summed E-state index contributed by atoms with van der Waals surface area (Å²) in [7, 11) is 0. The highest BCUT2D eigenvalue weighted by molar-refractivity contribution is 5.21. The van der Waals surface area contributed by atoms with Gasteiger partial charge < -0.3 is 0 Å². The minimum atomic E-state index is 0.458. The summed E-state index contributed by atoms with van der Waals surface area (Å²) in [5.74, 6) is 0. The first-order valence-electron chi connectivity index (χ1n) is 6.12. The molecule has 0 aromatic carbocycles. The first kappa shape index (κ1) is 12.1. The Bertz CT molecular complexity index is 210. The van der Waals surface area contributed by atoms with Crippen LogP contribution >= 0.6 is 0 Å². The molecule has 0 N–H and O–H groups in total. The van der Waals surface area contributed by atoms with Gasteiger partial charge in [0, 0.05) is 0 Å². The summed E-state index contributed by atoms with van der Waals surface area (Å²) >= 11 is 0. The topological polar surface area (TPSA) is 0 Å². The predicted molar refractivity (Wildman–Crippen MR) is 64.4 cm³/mol. The number of hydrogen-bond donors (Lipinski definition) is 0. The Balaban J connectivity index is 3.22. The van der Waals surface area contributed by atoms with Crippen LogP contribution in [0.5, 0.6) is 0 Å². The van der Waals surface area contributed by atoms with Crippen LogP contribution in [0.1, 0.15) is 68.2 Å². The van der Waals surface area contributed by atoms with E-state index in [1.54, 1.807) is 0 Å². The summed E-state index contributed by atoms with van der Waals surface area (Å²) in [5.41, 5.74) is 1.91. The van der Waals surface area contributed by atoms with Gasteiger partial charge in [-0.25, -0.2) is 0 Å². The Morgan fingerprint density at radius 1 is 0.571 bits per heavy atom. The van der Waals surface area contributed by atoms with Crippen LogP contribution in [0.15, 0.2) is 0 Å². The zero-order chi connectivity index (χ0) is 11.4. The SMILES string of the molecule is CCC1(C)C(C)(C)C(C)(C)C1(C)CC. The molecule has 0 saturated heterocycles. The van der Waals surface area contributed by atoms with Crippen LogP contribution in [0, 0.1) is 21.7 Å². The van der Waals surface area contributed by atoms with E-state index in [1.807, 2.05) is 0 Å².